The van der Waals surface area contributed by atoms with E-state index in [1.54, 1.807) is 6.20 Å². The summed E-state index contributed by atoms with van der Waals surface area (Å²) in [5, 5.41) is 8.68. The Hall–Kier alpha value is -1.71. The molecule has 1 amide bonds. The van der Waals surface area contributed by atoms with E-state index in [1.807, 2.05) is 18.5 Å². The number of carbonyl (C=O) groups excluding carboxylic acids is 1. The first-order valence-corrected chi connectivity index (χ1v) is 3.92. The number of carbonyl (C=O) groups is 1. The van der Waals surface area contributed by atoms with Gasteiger partial charge in [0.25, 0.3) is 5.91 Å². The summed E-state index contributed by atoms with van der Waals surface area (Å²) in [6.45, 7) is 5.74. The average molecular weight is 175 g/mol. The molecule has 0 bridgehead atoms. The fourth-order valence-corrected chi connectivity index (χ4v) is 1.49. The molecule has 0 fully saturated rings. The summed E-state index contributed by atoms with van der Waals surface area (Å²) in [6.07, 6.45) is 1.58. The second-order valence-electron chi connectivity index (χ2n) is 3.03. The Kier molecular flexibility index (Phi) is 1.45. The van der Waals surface area contributed by atoms with Crippen molar-refractivity contribution < 1.29 is 4.79 Å². The first-order chi connectivity index (χ1) is 6.13. The van der Waals surface area contributed by atoms with Crippen LogP contribution in [0.4, 0.5) is 0 Å². The number of rotatable bonds is 0. The second kappa shape index (κ2) is 2.39. The van der Waals surface area contributed by atoms with E-state index in [2.05, 4.69) is 16.8 Å². The predicted molar refractivity (Wildman–Crippen MR) is 48.6 cm³/mol. The molecule has 0 saturated heterocycles. The molecule has 0 spiro atoms. The minimum Gasteiger partial charge on any atom is -0.348 e. The van der Waals surface area contributed by atoms with E-state index in [9.17, 15) is 4.79 Å². The average Bonchev–Trinajstić information content (AvgIpc) is 2.33. The van der Waals surface area contributed by atoms with E-state index in [0.29, 0.717) is 5.56 Å². The maximum Gasteiger partial charge on any atom is 0.297 e. The minimum absolute atomic E-state index is 0.277. The fourth-order valence-electron chi connectivity index (χ4n) is 1.49. The molecule has 13 heavy (non-hydrogen) atoms. The predicted octanol–water partition coefficient (Wildman–Crippen LogP) is 0.0878. The Labute approximate surface area is 74.9 Å². The highest BCUT2D eigenvalue weighted by Gasteiger charge is 2.17. The lowest BCUT2D eigenvalue weighted by atomic mass is 10.2. The molecule has 4 heteroatoms. The third-order valence-corrected chi connectivity index (χ3v) is 2.40. The number of fused-ring (bicyclic) bond motifs is 1. The molecule has 0 radical (unpaired) electrons. The van der Waals surface area contributed by atoms with Gasteiger partial charge in [-0.2, -0.15) is 5.11 Å². The van der Waals surface area contributed by atoms with Crippen molar-refractivity contribution in [1.29, 1.82) is 0 Å². The van der Waals surface area contributed by atoms with Crippen molar-refractivity contribution in [2.24, 2.45) is 17.3 Å². The van der Waals surface area contributed by atoms with Crippen LogP contribution in [0.25, 0.3) is 12.8 Å². The molecule has 1 aliphatic rings. The molecular formula is C9H9N3O. The lowest BCUT2D eigenvalue weighted by molar-refractivity contribution is 0.0992. The molecule has 2 rings (SSSR count). The normalized spacial score (nSPS) is 14.2. The van der Waals surface area contributed by atoms with Crippen molar-refractivity contribution in [3.63, 3.8) is 0 Å². The van der Waals surface area contributed by atoms with Gasteiger partial charge >= 0.3 is 0 Å². The maximum absolute atomic E-state index is 11.4. The first kappa shape index (κ1) is 7.91. The Morgan fingerprint density at radius 3 is 2.85 bits per heavy atom. The van der Waals surface area contributed by atoms with Gasteiger partial charge in [0, 0.05) is 23.3 Å². The number of aromatic nitrogens is 1. The molecule has 0 atom stereocenters. The molecule has 0 aliphatic carbocycles. The summed E-state index contributed by atoms with van der Waals surface area (Å²) in [7, 11) is 1.87. The quantitative estimate of drug-likeness (QED) is 0.551. The molecular weight excluding hydrogens is 166 g/mol. The van der Waals surface area contributed by atoms with Gasteiger partial charge in [0.1, 0.15) is 0 Å². The summed E-state index contributed by atoms with van der Waals surface area (Å²) in [5.41, 5.74) is 1.52. The van der Waals surface area contributed by atoms with Gasteiger partial charge in [-0.3, -0.25) is 4.79 Å². The van der Waals surface area contributed by atoms with Crippen LogP contribution in [0.15, 0.2) is 10.2 Å². The smallest absolute Gasteiger partial charge is 0.297 e. The summed E-state index contributed by atoms with van der Waals surface area (Å²) < 4.78 is 1.87. The molecule has 0 unspecified atom stereocenters. The van der Waals surface area contributed by atoms with Crippen LogP contribution < -0.4 is 10.6 Å². The fraction of sp³-hybridized carbons (Fsp3) is 0.222. The highest BCUT2D eigenvalue weighted by atomic mass is 16.1. The zero-order valence-corrected chi connectivity index (χ0v) is 7.53. The van der Waals surface area contributed by atoms with Gasteiger partial charge in [0.15, 0.2) is 0 Å². The lowest BCUT2D eigenvalue weighted by Crippen LogP contribution is -2.29. The summed E-state index contributed by atoms with van der Waals surface area (Å²) >= 11 is 0. The van der Waals surface area contributed by atoms with Gasteiger partial charge in [-0.05, 0) is 6.92 Å². The van der Waals surface area contributed by atoms with Crippen LogP contribution in [0.1, 0.15) is 16.1 Å². The number of hydrogen-bond donors (Lipinski definition) is 0. The van der Waals surface area contributed by atoms with Crippen LogP contribution in [-0.2, 0) is 7.05 Å². The monoisotopic (exact) mass is 175 g/mol. The topological polar surface area (TPSA) is 46.7 Å². The second-order valence-corrected chi connectivity index (χ2v) is 3.03. The van der Waals surface area contributed by atoms with E-state index in [0.717, 1.165) is 16.3 Å². The van der Waals surface area contributed by atoms with E-state index in [4.69, 9.17) is 0 Å². The van der Waals surface area contributed by atoms with E-state index >= 15 is 0 Å². The van der Waals surface area contributed by atoms with Gasteiger partial charge in [0.2, 0.25) is 0 Å². The highest BCUT2D eigenvalue weighted by Crippen LogP contribution is 2.05. The molecule has 0 aromatic carbocycles. The molecule has 2 heterocycles. The van der Waals surface area contributed by atoms with Gasteiger partial charge < -0.3 is 4.57 Å². The van der Waals surface area contributed by atoms with Crippen LogP contribution in [0.2, 0.25) is 0 Å². The number of amides is 1. The van der Waals surface area contributed by atoms with Crippen molar-refractivity contribution in [2.45, 2.75) is 6.92 Å². The van der Waals surface area contributed by atoms with Gasteiger partial charge in [-0.25, -0.2) is 0 Å². The highest BCUT2D eigenvalue weighted by molar-refractivity contribution is 5.97. The van der Waals surface area contributed by atoms with E-state index < -0.39 is 0 Å². The molecule has 4 nitrogen and oxygen atoms in total. The summed E-state index contributed by atoms with van der Waals surface area (Å²) in [6, 6.07) is 0. The Morgan fingerprint density at radius 1 is 1.54 bits per heavy atom. The molecule has 1 aliphatic heterocycles. The van der Waals surface area contributed by atoms with Crippen molar-refractivity contribution in [1.82, 2.24) is 4.57 Å². The van der Waals surface area contributed by atoms with Crippen molar-refractivity contribution in [3.8, 4) is 0 Å². The number of azo groups is 1. The Morgan fingerprint density at radius 2 is 2.23 bits per heavy atom. The van der Waals surface area contributed by atoms with Crippen molar-refractivity contribution in [2.75, 3.05) is 0 Å². The van der Waals surface area contributed by atoms with Gasteiger partial charge in [-0.1, -0.05) is 6.58 Å². The zero-order valence-electron chi connectivity index (χ0n) is 7.53. The molecule has 0 saturated carbocycles. The van der Waals surface area contributed by atoms with Crippen molar-refractivity contribution >= 4 is 18.7 Å². The molecule has 1 aromatic rings. The standard InChI is InChI=1S/C9H9N3O/c1-5-7-4-10-11-9(13)8(7)6(2)12(5)3/h4H,1H2,2-3H3. The number of hydrogen-bond acceptors (Lipinski definition) is 2. The third-order valence-electron chi connectivity index (χ3n) is 2.40. The Bertz CT molecular complexity index is 522. The number of nitrogens with zero attached hydrogens (tertiary/aromatic N) is 3. The van der Waals surface area contributed by atoms with Crippen LogP contribution in [0.3, 0.4) is 0 Å². The zero-order chi connectivity index (χ0) is 9.59. The van der Waals surface area contributed by atoms with Crippen LogP contribution in [0, 0.1) is 6.92 Å². The molecule has 1 aromatic heterocycles. The SMILES string of the molecule is C=c1c2c(c(C)n1C)C(=O)N=NC=2. The maximum atomic E-state index is 11.4. The lowest BCUT2D eigenvalue weighted by Gasteiger charge is -1.97. The van der Waals surface area contributed by atoms with Crippen LogP contribution in [-0.4, -0.2) is 10.5 Å². The molecule has 0 N–H and O–H groups in total. The van der Waals surface area contributed by atoms with Gasteiger partial charge in [-0.15, -0.1) is 5.11 Å². The van der Waals surface area contributed by atoms with E-state index in [-0.39, 0.29) is 5.91 Å². The van der Waals surface area contributed by atoms with E-state index in [1.165, 1.54) is 0 Å². The third kappa shape index (κ3) is 0.884. The van der Waals surface area contributed by atoms with Crippen LogP contribution in [0.5, 0.6) is 0 Å². The van der Waals surface area contributed by atoms with Gasteiger partial charge in [0.05, 0.1) is 11.8 Å². The van der Waals surface area contributed by atoms with Crippen LogP contribution >= 0.6 is 0 Å². The molecule has 66 valence electrons. The summed E-state index contributed by atoms with van der Waals surface area (Å²) in [4.78, 5) is 11.4. The summed E-state index contributed by atoms with van der Waals surface area (Å²) in [5.74, 6) is -0.277. The largest absolute Gasteiger partial charge is 0.348 e. The first-order valence-electron chi connectivity index (χ1n) is 3.92. The minimum atomic E-state index is -0.277. The Balaban J connectivity index is 3.01. The van der Waals surface area contributed by atoms with Crippen molar-refractivity contribution in [3.05, 3.63) is 21.8 Å².